The van der Waals surface area contributed by atoms with Gasteiger partial charge in [0.15, 0.2) is 0 Å². The van der Waals surface area contributed by atoms with Crippen molar-refractivity contribution in [1.82, 2.24) is 19.6 Å². The summed E-state index contributed by atoms with van der Waals surface area (Å²) in [5, 5.41) is 7.76. The molecule has 6 nitrogen and oxygen atoms in total. The summed E-state index contributed by atoms with van der Waals surface area (Å²) in [6.07, 6.45) is 3.83. The number of pyridine rings is 1. The van der Waals surface area contributed by atoms with E-state index in [9.17, 15) is 0 Å². The predicted molar refractivity (Wildman–Crippen MR) is 88.4 cm³/mol. The highest BCUT2D eigenvalue weighted by atomic mass is 15.2. The molecule has 0 radical (unpaired) electrons. The summed E-state index contributed by atoms with van der Waals surface area (Å²) in [6, 6.07) is 6.05. The van der Waals surface area contributed by atoms with Gasteiger partial charge in [-0.3, -0.25) is 0 Å². The summed E-state index contributed by atoms with van der Waals surface area (Å²) in [5.74, 6) is 1.58. The fraction of sp³-hybridized carbons (Fsp3) is 0.312. The van der Waals surface area contributed by atoms with E-state index in [2.05, 4.69) is 26.4 Å². The molecule has 0 saturated heterocycles. The molecule has 3 heterocycles. The highest BCUT2D eigenvalue weighted by Gasteiger charge is 2.10. The molecule has 0 bridgehead atoms. The van der Waals surface area contributed by atoms with Crippen LogP contribution < -0.4 is 10.2 Å². The molecule has 0 amide bonds. The van der Waals surface area contributed by atoms with Gasteiger partial charge in [0.05, 0.1) is 11.7 Å². The Hall–Kier alpha value is -2.63. The normalized spacial score (nSPS) is 10.9. The molecule has 0 spiro atoms. The van der Waals surface area contributed by atoms with Gasteiger partial charge >= 0.3 is 0 Å². The van der Waals surface area contributed by atoms with E-state index in [-0.39, 0.29) is 0 Å². The van der Waals surface area contributed by atoms with E-state index in [0.717, 1.165) is 28.2 Å². The third-order valence-electron chi connectivity index (χ3n) is 3.73. The van der Waals surface area contributed by atoms with E-state index in [1.807, 2.05) is 61.9 Å². The van der Waals surface area contributed by atoms with Crippen molar-refractivity contribution in [2.75, 3.05) is 24.3 Å². The molecule has 3 aromatic rings. The number of hydrogen-bond donors (Lipinski definition) is 1. The molecule has 114 valence electrons. The second-order valence-electron chi connectivity index (χ2n) is 5.53. The van der Waals surface area contributed by atoms with Crippen LogP contribution in [-0.2, 0) is 6.54 Å². The van der Waals surface area contributed by atoms with Crippen LogP contribution in [0.25, 0.3) is 5.52 Å². The third kappa shape index (κ3) is 2.59. The summed E-state index contributed by atoms with van der Waals surface area (Å²) >= 11 is 0. The van der Waals surface area contributed by atoms with Crippen molar-refractivity contribution in [3.63, 3.8) is 0 Å². The molecule has 0 fully saturated rings. The fourth-order valence-corrected chi connectivity index (χ4v) is 2.29. The van der Waals surface area contributed by atoms with Crippen LogP contribution in [0.2, 0.25) is 0 Å². The highest BCUT2D eigenvalue weighted by Crippen LogP contribution is 2.20. The second kappa shape index (κ2) is 5.63. The van der Waals surface area contributed by atoms with Gasteiger partial charge in [0, 0.05) is 43.7 Å². The number of rotatable bonds is 4. The first kappa shape index (κ1) is 14.3. The molecule has 3 aromatic heterocycles. The van der Waals surface area contributed by atoms with Crippen molar-refractivity contribution < 1.29 is 0 Å². The van der Waals surface area contributed by atoms with Gasteiger partial charge in [0.1, 0.15) is 5.82 Å². The van der Waals surface area contributed by atoms with Crippen molar-refractivity contribution in [2.24, 2.45) is 0 Å². The van der Waals surface area contributed by atoms with Crippen LogP contribution in [0.3, 0.4) is 0 Å². The van der Waals surface area contributed by atoms with Crippen molar-refractivity contribution in [3.8, 4) is 0 Å². The van der Waals surface area contributed by atoms with Gasteiger partial charge in [-0.05, 0) is 26.0 Å². The Morgan fingerprint density at radius 2 is 2.00 bits per heavy atom. The van der Waals surface area contributed by atoms with Crippen LogP contribution in [-0.4, -0.2) is 33.7 Å². The van der Waals surface area contributed by atoms with Crippen molar-refractivity contribution in [2.45, 2.75) is 20.4 Å². The minimum Gasteiger partial charge on any atom is -0.365 e. The maximum absolute atomic E-state index is 4.59. The van der Waals surface area contributed by atoms with E-state index in [1.54, 1.807) is 0 Å². The lowest BCUT2D eigenvalue weighted by Gasteiger charge is -2.15. The molecule has 3 rings (SSSR count). The molecular weight excluding hydrogens is 276 g/mol. The number of nitrogens with one attached hydrogen (secondary N) is 1. The number of anilines is 2. The Kier molecular flexibility index (Phi) is 3.66. The third-order valence-corrected chi connectivity index (χ3v) is 3.73. The Balaban J connectivity index is 1.87. The molecule has 1 N–H and O–H groups in total. The topological polar surface area (TPSA) is 58.4 Å². The summed E-state index contributed by atoms with van der Waals surface area (Å²) in [4.78, 5) is 11.0. The Labute approximate surface area is 129 Å². The van der Waals surface area contributed by atoms with Crippen molar-refractivity contribution >= 4 is 17.3 Å². The standard InChI is InChI=1S/C16H20N6/c1-11-12(2)19-16(21(3)4)20-15(11)17-9-13-10-18-22-8-6-5-7-14(13)22/h5-8,10H,9H2,1-4H3,(H,17,19,20). The van der Waals surface area contributed by atoms with Crippen molar-refractivity contribution in [3.05, 3.63) is 47.4 Å². The quantitative estimate of drug-likeness (QED) is 0.801. The van der Waals surface area contributed by atoms with E-state index in [4.69, 9.17) is 0 Å². The lowest BCUT2D eigenvalue weighted by atomic mass is 10.2. The van der Waals surface area contributed by atoms with Gasteiger partial charge < -0.3 is 10.2 Å². The lowest BCUT2D eigenvalue weighted by molar-refractivity contribution is 0.954. The lowest BCUT2D eigenvalue weighted by Crippen LogP contribution is -2.15. The van der Waals surface area contributed by atoms with E-state index in [1.165, 1.54) is 0 Å². The summed E-state index contributed by atoms with van der Waals surface area (Å²) < 4.78 is 1.88. The second-order valence-corrected chi connectivity index (χ2v) is 5.53. The van der Waals surface area contributed by atoms with E-state index in [0.29, 0.717) is 12.5 Å². The highest BCUT2D eigenvalue weighted by molar-refractivity contribution is 5.56. The number of aryl methyl sites for hydroxylation is 1. The van der Waals surface area contributed by atoms with Gasteiger partial charge in [-0.1, -0.05) is 6.07 Å². The van der Waals surface area contributed by atoms with Crippen LogP contribution in [0.4, 0.5) is 11.8 Å². The van der Waals surface area contributed by atoms with Crippen LogP contribution in [0, 0.1) is 13.8 Å². The Morgan fingerprint density at radius 3 is 2.77 bits per heavy atom. The summed E-state index contributed by atoms with van der Waals surface area (Å²) in [6.45, 7) is 4.72. The first-order valence-electron chi connectivity index (χ1n) is 7.24. The number of fused-ring (bicyclic) bond motifs is 1. The average molecular weight is 296 g/mol. The first-order valence-corrected chi connectivity index (χ1v) is 7.24. The van der Waals surface area contributed by atoms with Crippen LogP contribution in [0.5, 0.6) is 0 Å². The molecule has 0 unspecified atom stereocenters. The summed E-state index contributed by atoms with van der Waals surface area (Å²) in [5.41, 5.74) is 4.30. The predicted octanol–water partition coefficient (Wildman–Crippen LogP) is 2.42. The number of hydrogen-bond acceptors (Lipinski definition) is 5. The minimum atomic E-state index is 0.678. The fourth-order valence-electron chi connectivity index (χ4n) is 2.29. The Morgan fingerprint density at radius 1 is 1.18 bits per heavy atom. The van der Waals surface area contributed by atoms with Crippen LogP contribution >= 0.6 is 0 Å². The van der Waals surface area contributed by atoms with Crippen LogP contribution in [0.15, 0.2) is 30.6 Å². The molecule has 0 aliphatic carbocycles. The van der Waals surface area contributed by atoms with E-state index < -0.39 is 0 Å². The molecule has 0 aliphatic rings. The molecule has 22 heavy (non-hydrogen) atoms. The Bertz CT molecular complexity index is 806. The number of nitrogens with zero attached hydrogens (tertiary/aromatic N) is 5. The zero-order valence-electron chi connectivity index (χ0n) is 13.3. The molecule has 0 aliphatic heterocycles. The molecule has 0 atom stereocenters. The first-order chi connectivity index (χ1) is 10.6. The molecule has 6 heteroatoms. The smallest absolute Gasteiger partial charge is 0.227 e. The zero-order valence-corrected chi connectivity index (χ0v) is 13.3. The van der Waals surface area contributed by atoms with Gasteiger partial charge in [-0.15, -0.1) is 0 Å². The average Bonchev–Trinajstić information content (AvgIpc) is 2.91. The SMILES string of the molecule is Cc1nc(N(C)C)nc(NCc2cnn3ccccc23)c1C. The van der Waals surface area contributed by atoms with E-state index >= 15 is 0 Å². The van der Waals surface area contributed by atoms with Crippen LogP contribution in [0.1, 0.15) is 16.8 Å². The maximum atomic E-state index is 4.59. The summed E-state index contributed by atoms with van der Waals surface area (Å²) in [7, 11) is 3.89. The number of aromatic nitrogens is 4. The van der Waals surface area contributed by atoms with Gasteiger partial charge in [-0.25, -0.2) is 9.50 Å². The van der Waals surface area contributed by atoms with Gasteiger partial charge in [0.2, 0.25) is 5.95 Å². The maximum Gasteiger partial charge on any atom is 0.227 e. The largest absolute Gasteiger partial charge is 0.365 e. The molecular formula is C16H20N6. The molecule has 0 saturated carbocycles. The monoisotopic (exact) mass is 296 g/mol. The van der Waals surface area contributed by atoms with Gasteiger partial charge in [-0.2, -0.15) is 10.1 Å². The van der Waals surface area contributed by atoms with Gasteiger partial charge in [0.25, 0.3) is 0 Å². The minimum absolute atomic E-state index is 0.678. The zero-order chi connectivity index (χ0) is 15.7. The molecule has 0 aromatic carbocycles. The van der Waals surface area contributed by atoms with Crippen molar-refractivity contribution in [1.29, 1.82) is 0 Å².